The maximum absolute atomic E-state index is 12.3. The van der Waals surface area contributed by atoms with E-state index in [2.05, 4.69) is 16.7 Å². The lowest BCUT2D eigenvalue weighted by Crippen LogP contribution is -2.43. The molecule has 5 nitrogen and oxygen atoms in total. The van der Waals surface area contributed by atoms with Crippen LogP contribution >= 0.6 is 0 Å². The molecule has 5 heteroatoms. The van der Waals surface area contributed by atoms with Gasteiger partial charge in [0, 0.05) is 19.6 Å². The molecule has 2 rings (SSSR count). The van der Waals surface area contributed by atoms with Gasteiger partial charge in [0.2, 0.25) is 5.91 Å². The molecule has 0 atom stereocenters. The third kappa shape index (κ3) is 6.99. The lowest BCUT2D eigenvalue weighted by atomic mass is 9.97. The topological polar surface area (TPSA) is 61.4 Å². The molecule has 0 bridgehead atoms. The molecular formula is C20H29N3O2. The van der Waals surface area contributed by atoms with E-state index in [0.29, 0.717) is 19.6 Å². The van der Waals surface area contributed by atoms with Gasteiger partial charge in [-0.25, -0.2) is 4.79 Å². The van der Waals surface area contributed by atoms with E-state index in [0.717, 1.165) is 24.8 Å². The molecule has 1 aliphatic rings. The van der Waals surface area contributed by atoms with Crippen molar-refractivity contribution in [2.45, 2.75) is 45.6 Å². The Balaban J connectivity index is 1.66. The number of carbonyl (C=O) groups is 2. The third-order valence-electron chi connectivity index (χ3n) is 4.47. The Labute approximate surface area is 150 Å². The summed E-state index contributed by atoms with van der Waals surface area (Å²) in [4.78, 5) is 25.9. The number of rotatable bonds is 8. The van der Waals surface area contributed by atoms with Crippen molar-refractivity contribution in [3.63, 3.8) is 0 Å². The number of benzene rings is 1. The minimum absolute atomic E-state index is 0.0230. The highest BCUT2D eigenvalue weighted by molar-refractivity contribution is 5.83. The summed E-state index contributed by atoms with van der Waals surface area (Å²) in [6.45, 7) is 3.76. The fraction of sp³-hybridized carbons (Fsp3) is 0.500. The number of nitrogens with zero attached hydrogens (tertiary/aromatic N) is 1. The Bertz CT molecular complexity index is 584. The SMILES string of the molecule is CCN(Cc1ccccc1)C(=O)CNC(=O)NCCC1=CCCCC1. The number of likely N-dealkylation sites (N-methyl/N-ethyl adjacent to an activating group) is 1. The zero-order chi connectivity index (χ0) is 17.9. The molecule has 0 saturated carbocycles. The maximum atomic E-state index is 12.3. The molecule has 1 aliphatic carbocycles. The highest BCUT2D eigenvalue weighted by Crippen LogP contribution is 2.19. The number of allylic oxidation sites excluding steroid dienone is 1. The van der Waals surface area contributed by atoms with Gasteiger partial charge in [-0.15, -0.1) is 0 Å². The second-order valence-electron chi connectivity index (χ2n) is 6.36. The second kappa shape index (κ2) is 10.5. The summed E-state index contributed by atoms with van der Waals surface area (Å²) >= 11 is 0. The van der Waals surface area contributed by atoms with E-state index in [1.165, 1.54) is 18.4 Å². The first-order valence-electron chi connectivity index (χ1n) is 9.20. The van der Waals surface area contributed by atoms with Crippen molar-refractivity contribution in [1.29, 1.82) is 0 Å². The van der Waals surface area contributed by atoms with Crippen LogP contribution in [0.5, 0.6) is 0 Å². The van der Waals surface area contributed by atoms with Gasteiger partial charge in [0.1, 0.15) is 0 Å². The molecule has 0 fully saturated rings. The summed E-state index contributed by atoms with van der Waals surface area (Å²) in [6, 6.07) is 9.59. The highest BCUT2D eigenvalue weighted by atomic mass is 16.2. The van der Waals surface area contributed by atoms with E-state index < -0.39 is 0 Å². The summed E-state index contributed by atoms with van der Waals surface area (Å²) in [5.41, 5.74) is 2.52. The number of amides is 3. The van der Waals surface area contributed by atoms with Gasteiger partial charge < -0.3 is 15.5 Å². The molecule has 1 aromatic carbocycles. The second-order valence-corrected chi connectivity index (χ2v) is 6.36. The lowest BCUT2D eigenvalue weighted by Gasteiger charge is -2.21. The number of hydrogen-bond donors (Lipinski definition) is 2. The molecule has 0 aromatic heterocycles. The Kier molecular flexibility index (Phi) is 8.02. The van der Waals surface area contributed by atoms with Crippen LogP contribution in [0, 0.1) is 0 Å². The monoisotopic (exact) mass is 343 g/mol. The average molecular weight is 343 g/mol. The van der Waals surface area contributed by atoms with Gasteiger partial charge in [-0.3, -0.25) is 4.79 Å². The first kappa shape index (κ1) is 19.0. The predicted octanol–water partition coefficient (Wildman–Crippen LogP) is 3.22. The normalized spacial score (nSPS) is 13.7. The minimum atomic E-state index is -0.277. The molecule has 136 valence electrons. The summed E-state index contributed by atoms with van der Waals surface area (Å²) < 4.78 is 0. The van der Waals surface area contributed by atoms with Crippen LogP contribution in [0.15, 0.2) is 42.0 Å². The van der Waals surface area contributed by atoms with Crippen LogP contribution in [-0.4, -0.2) is 36.5 Å². The van der Waals surface area contributed by atoms with E-state index in [1.54, 1.807) is 4.90 Å². The van der Waals surface area contributed by atoms with Crippen LogP contribution in [0.1, 0.15) is 44.6 Å². The molecule has 0 saturated heterocycles. The van der Waals surface area contributed by atoms with Crippen molar-refractivity contribution in [1.82, 2.24) is 15.5 Å². The molecule has 0 aliphatic heterocycles. The van der Waals surface area contributed by atoms with Gasteiger partial charge in [-0.1, -0.05) is 42.0 Å². The number of carbonyl (C=O) groups excluding carboxylic acids is 2. The molecule has 0 heterocycles. The Morgan fingerprint density at radius 1 is 1.12 bits per heavy atom. The Hall–Kier alpha value is -2.30. The zero-order valence-corrected chi connectivity index (χ0v) is 15.1. The first-order chi connectivity index (χ1) is 12.2. The molecule has 25 heavy (non-hydrogen) atoms. The average Bonchev–Trinajstić information content (AvgIpc) is 2.66. The summed E-state index contributed by atoms with van der Waals surface area (Å²) in [7, 11) is 0. The molecule has 0 unspecified atom stereocenters. The lowest BCUT2D eigenvalue weighted by molar-refractivity contribution is -0.130. The smallest absolute Gasteiger partial charge is 0.315 e. The molecular weight excluding hydrogens is 314 g/mol. The minimum Gasteiger partial charge on any atom is -0.338 e. The van der Waals surface area contributed by atoms with Gasteiger partial charge in [0.25, 0.3) is 0 Å². The van der Waals surface area contributed by atoms with E-state index >= 15 is 0 Å². The molecule has 0 spiro atoms. The van der Waals surface area contributed by atoms with Crippen LogP contribution in [0.2, 0.25) is 0 Å². The first-order valence-corrected chi connectivity index (χ1v) is 9.20. The fourth-order valence-corrected chi connectivity index (χ4v) is 2.98. The van der Waals surface area contributed by atoms with Crippen molar-refractivity contribution in [3.05, 3.63) is 47.5 Å². The van der Waals surface area contributed by atoms with Crippen molar-refractivity contribution >= 4 is 11.9 Å². The van der Waals surface area contributed by atoms with Gasteiger partial charge >= 0.3 is 6.03 Å². The van der Waals surface area contributed by atoms with Crippen LogP contribution in [0.25, 0.3) is 0 Å². The Morgan fingerprint density at radius 2 is 1.92 bits per heavy atom. The quantitative estimate of drug-likeness (QED) is 0.712. The molecule has 0 radical (unpaired) electrons. The van der Waals surface area contributed by atoms with Crippen LogP contribution in [-0.2, 0) is 11.3 Å². The molecule has 3 amide bonds. The number of hydrogen-bond acceptors (Lipinski definition) is 2. The van der Waals surface area contributed by atoms with Gasteiger partial charge in [0.05, 0.1) is 6.54 Å². The van der Waals surface area contributed by atoms with E-state index in [1.807, 2.05) is 37.3 Å². The number of urea groups is 1. The largest absolute Gasteiger partial charge is 0.338 e. The van der Waals surface area contributed by atoms with Crippen LogP contribution in [0.3, 0.4) is 0 Å². The summed E-state index contributed by atoms with van der Waals surface area (Å²) in [5.74, 6) is -0.0727. The summed E-state index contributed by atoms with van der Waals surface area (Å²) in [5, 5.41) is 5.49. The maximum Gasteiger partial charge on any atom is 0.315 e. The van der Waals surface area contributed by atoms with E-state index in [9.17, 15) is 9.59 Å². The van der Waals surface area contributed by atoms with Crippen LogP contribution in [0.4, 0.5) is 4.79 Å². The molecule has 2 N–H and O–H groups in total. The van der Waals surface area contributed by atoms with Gasteiger partial charge in [0.15, 0.2) is 0 Å². The van der Waals surface area contributed by atoms with Crippen molar-refractivity contribution in [3.8, 4) is 0 Å². The van der Waals surface area contributed by atoms with E-state index in [4.69, 9.17) is 0 Å². The zero-order valence-electron chi connectivity index (χ0n) is 15.1. The fourth-order valence-electron chi connectivity index (χ4n) is 2.98. The van der Waals surface area contributed by atoms with Crippen molar-refractivity contribution < 1.29 is 9.59 Å². The van der Waals surface area contributed by atoms with Crippen molar-refractivity contribution in [2.24, 2.45) is 0 Å². The van der Waals surface area contributed by atoms with Gasteiger partial charge in [-0.05, 0) is 44.6 Å². The number of nitrogens with one attached hydrogen (secondary N) is 2. The third-order valence-corrected chi connectivity index (χ3v) is 4.47. The Morgan fingerprint density at radius 3 is 2.60 bits per heavy atom. The highest BCUT2D eigenvalue weighted by Gasteiger charge is 2.13. The van der Waals surface area contributed by atoms with Crippen molar-refractivity contribution in [2.75, 3.05) is 19.6 Å². The summed E-state index contributed by atoms with van der Waals surface area (Å²) in [6.07, 6.45) is 8.01. The standard InChI is InChI=1S/C20H29N3O2/c1-2-23(16-18-11-7-4-8-12-18)19(24)15-22-20(25)21-14-13-17-9-5-3-6-10-17/h4,7-9,11-12H,2-3,5-6,10,13-16H2,1H3,(H2,21,22,25). The predicted molar refractivity (Wildman–Crippen MR) is 100 cm³/mol. The van der Waals surface area contributed by atoms with Crippen LogP contribution < -0.4 is 10.6 Å². The molecule has 1 aromatic rings. The van der Waals surface area contributed by atoms with Gasteiger partial charge in [-0.2, -0.15) is 0 Å². The van der Waals surface area contributed by atoms with E-state index in [-0.39, 0.29) is 18.5 Å².